The molecule has 0 aromatic carbocycles. The standard InChI is InChI=1S/C6H9N3O2S/c1-11-5(10)3-4(7)9-6(8-3)12-2/h7H2,1-2H3,(H,8,9). The van der Waals surface area contributed by atoms with E-state index >= 15 is 0 Å². The zero-order chi connectivity index (χ0) is 9.14. The number of rotatable bonds is 2. The summed E-state index contributed by atoms with van der Waals surface area (Å²) in [6.45, 7) is 0. The number of nitrogen functional groups attached to an aromatic ring is 1. The molecule has 3 N–H and O–H groups in total. The molecule has 0 saturated carbocycles. The fraction of sp³-hybridized carbons (Fsp3) is 0.333. The number of carbonyl (C=O) groups is 1. The van der Waals surface area contributed by atoms with Crippen LogP contribution in [0.15, 0.2) is 5.16 Å². The normalized spacial score (nSPS) is 9.83. The number of imidazole rings is 1. The number of nitrogens with two attached hydrogens (primary N) is 1. The van der Waals surface area contributed by atoms with E-state index in [4.69, 9.17) is 5.73 Å². The van der Waals surface area contributed by atoms with Crippen LogP contribution < -0.4 is 5.73 Å². The predicted molar refractivity (Wildman–Crippen MR) is 46.1 cm³/mol. The molecule has 1 aromatic heterocycles. The third-order valence-electron chi connectivity index (χ3n) is 1.29. The molecule has 0 spiro atoms. The minimum atomic E-state index is -0.500. The van der Waals surface area contributed by atoms with Crippen molar-refractivity contribution in [3.8, 4) is 0 Å². The first kappa shape index (κ1) is 8.92. The average molecular weight is 187 g/mol. The van der Waals surface area contributed by atoms with Crippen molar-refractivity contribution in [3.05, 3.63) is 5.69 Å². The van der Waals surface area contributed by atoms with Gasteiger partial charge in [-0.2, -0.15) is 0 Å². The number of aromatic amines is 1. The first-order valence-corrected chi connectivity index (χ1v) is 4.39. The number of aromatic nitrogens is 2. The van der Waals surface area contributed by atoms with Gasteiger partial charge < -0.3 is 15.5 Å². The second-order valence-electron chi connectivity index (χ2n) is 2.00. The summed E-state index contributed by atoms with van der Waals surface area (Å²) in [5.74, 6) is -0.327. The van der Waals surface area contributed by atoms with Gasteiger partial charge in [0.2, 0.25) is 0 Å². The van der Waals surface area contributed by atoms with Crippen LogP contribution in [0.4, 0.5) is 5.82 Å². The maximum absolute atomic E-state index is 11.0. The number of nitrogens with one attached hydrogen (secondary N) is 1. The number of nitrogens with zero attached hydrogens (tertiary/aromatic N) is 1. The summed E-state index contributed by atoms with van der Waals surface area (Å²) < 4.78 is 4.48. The Morgan fingerprint density at radius 3 is 2.83 bits per heavy atom. The summed E-state index contributed by atoms with van der Waals surface area (Å²) in [6, 6.07) is 0. The van der Waals surface area contributed by atoms with E-state index in [2.05, 4.69) is 14.7 Å². The smallest absolute Gasteiger partial charge is 0.358 e. The van der Waals surface area contributed by atoms with Gasteiger partial charge in [0, 0.05) is 0 Å². The third-order valence-corrected chi connectivity index (χ3v) is 1.87. The number of H-pyrrole nitrogens is 1. The topological polar surface area (TPSA) is 81.0 Å². The Labute approximate surface area is 73.7 Å². The molecule has 0 aliphatic rings. The van der Waals surface area contributed by atoms with Gasteiger partial charge in [0.25, 0.3) is 0 Å². The van der Waals surface area contributed by atoms with Crippen molar-refractivity contribution in [1.82, 2.24) is 9.97 Å². The summed E-state index contributed by atoms with van der Waals surface area (Å²) in [6.07, 6.45) is 1.83. The first-order chi connectivity index (χ1) is 5.69. The molecule has 0 fully saturated rings. The fourth-order valence-electron chi connectivity index (χ4n) is 0.719. The van der Waals surface area contributed by atoms with Gasteiger partial charge in [-0.25, -0.2) is 9.78 Å². The lowest BCUT2D eigenvalue weighted by Crippen LogP contribution is -2.04. The van der Waals surface area contributed by atoms with Crippen LogP contribution in [0.2, 0.25) is 0 Å². The van der Waals surface area contributed by atoms with Crippen LogP contribution in [0.5, 0.6) is 0 Å². The highest BCUT2D eigenvalue weighted by atomic mass is 32.2. The highest BCUT2D eigenvalue weighted by Gasteiger charge is 2.14. The number of esters is 1. The number of hydrogen-bond donors (Lipinski definition) is 2. The van der Waals surface area contributed by atoms with Crippen LogP contribution in [-0.4, -0.2) is 29.3 Å². The lowest BCUT2D eigenvalue weighted by molar-refractivity contribution is 0.0595. The summed E-state index contributed by atoms with van der Waals surface area (Å²) in [5.41, 5.74) is 5.65. The average Bonchev–Trinajstić information content (AvgIpc) is 2.45. The van der Waals surface area contributed by atoms with Crippen LogP contribution in [0, 0.1) is 0 Å². The van der Waals surface area contributed by atoms with Gasteiger partial charge in [-0.3, -0.25) is 0 Å². The van der Waals surface area contributed by atoms with Crippen molar-refractivity contribution in [1.29, 1.82) is 0 Å². The van der Waals surface area contributed by atoms with Crippen molar-refractivity contribution in [2.24, 2.45) is 0 Å². The predicted octanol–water partition coefficient (Wildman–Crippen LogP) is 0.500. The molecule has 12 heavy (non-hydrogen) atoms. The van der Waals surface area contributed by atoms with E-state index in [1.165, 1.54) is 18.9 Å². The molecule has 1 aromatic rings. The minimum absolute atomic E-state index is 0.172. The second kappa shape index (κ2) is 3.48. The number of thioether (sulfide) groups is 1. The van der Waals surface area contributed by atoms with Gasteiger partial charge in [-0.15, -0.1) is 0 Å². The highest BCUT2D eigenvalue weighted by molar-refractivity contribution is 7.98. The van der Waals surface area contributed by atoms with Crippen molar-refractivity contribution >= 4 is 23.5 Å². The Bertz CT molecular complexity index is 297. The molecule has 0 atom stereocenters. The van der Waals surface area contributed by atoms with E-state index in [0.29, 0.717) is 5.16 Å². The van der Waals surface area contributed by atoms with Crippen LogP contribution in [0.3, 0.4) is 0 Å². The zero-order valence-electron chi connectivity index (χ0n) is 6.75. The fourth-order valence-corrected chi connectivity index (χ4v) is 1.11. The summed E-state index contributed by atoms with van der Waals surface area (Å²) in [7, 11) is 1.29. The van der Waals surface area contributed by atoms with E-state index in [9.17, 15) is 4.79 Å². The SMILES string of the molecule is COC(=O)c1[nH]c(SC)nc1N. The van der Waals surface area contributed by atoms with Gasteiger partial charge in [-0.1, -0.05) is 11.8 Å². The molecule has 0 aliphatic carbocycles. The number of ether oxygens (including phenoxy) is 1. The maximum Gasteiger partial charge on any atom is 0.358 e. The van der Waals surface area contributed by atoms with E-state index in [-0.39, 0.29) is 11.5 Å². The molecule has 0 unspecified atom stereocenters. The van der Waals surface area contributed by atoms with E-state index < -0.39 is 5.97 Å². The molecule has 6 heteroatoms. The minimum Gasteiger partial charge on any atom is -0.464 e. The highest BCUT2D eigenvalue weighted by Crippen LogP contribution is 2.15. The van der Waals surface area contributed by atoms with E-state index in [0.717, 1.165) is 0 Å². The van der Waals surface area contributed by atoms with Crippen molar-refractivity contribution in [3.63, 3.8) is 0 Å². The van der Waals surface area contributed by atoms with Gasteiger partial charge in [0.1, 0.15) is 0 Å². The molecular formula is C6H9N3O2S. The largest absolute Gasteiger partial charge is 0.464 e. The molecule has 0 bridgehead atoms. The zero-order valence-corrected chi connectivity index (χ0v) is 7.57. The molecule has 1 rings (SSSR count). The quantitative estimate of drug-likeness (QED) is 0.520. The van der Waals surface area contributed by atoms with Gasteiger partial charge >= 0.3 is 5.97 Å². The number of methoxy groups -OCH3 is 1. The monoisotopic (exact) mass is 187 g/mol. The summed E-state index contributed by atoms with van der Waals surface area (Å²) >= 11 is 1.38. The molecule has 5 nitrogen and oxygen atoms in total. The van der Waals surface area contributed by atoms with Gasteiger partial charge in [0.15, 0.2) is 16.7 Å². The van der Waals surface area contributed by atoms with Crippen LogP contribution in [0.1, 0.15) is 10.5 Å². The number of carbonyl (C=O) groups excluding carboxylic acids is 1. The van der Waals surface area contributed by atoms with Gasteiger partial charge in [0.05, 0.1) is 7.11 Å². The molecule has 66 valence electrons. The number of hydrogen-bond acceptors (Lipinski definition) is 5. The summed E-state index contributed by atoms with van der Waals surface area (Å²) in [4.78, 5) is 17.6. The second-order valence-corrected chi connectivity index (χ2v) is 2.79. The van der Waals surface area contributed by atoms with E-state index in [1.807, 2.05) is 6.26 Å². The Morgan fingerprint density at radius 1 is 1.75 bits per heavy atom. The third kappa shape index (κ3) is 1.53. The molecule has 0 saturated heterocycles. The van der Waals surface area contributed by atoms with Crippen molar-refractivity contribution in [2.75, 3.05) is 19.1 Å². The van der Waals surface area contributed by atoms with Crippen LogP contribution in [-0.2, 0) is 4.74 Å². The molecule has 0 amide bonds. The Hall–Kier alpha value is -1.17. The molecule has 1 heterocycles. The molecule has 0 aliphatic heterocycles. The van der Waals surface area contributed by atoms with E-state index in [1.54, 1.807) is 0 Å². The van der Waals surface area contributed by atoms with Crippen molar-refractivity contribution in [2.45, 2.75) is 5.16 Å². The number of anilines is 1. The Morgan fingerprint density at radius 2 is 2.42 bits per heavy atom. The maximum atomic E-state index is 11.0. The van der Waals surface area contributed by atoms with Crippen LogP contribution >= 0.6 is 11.8 Å². The lowest BCUT2D eigenvalue weighted by atomic mass is 10.4. The molecular weight excluding hydrogens is 178 g/mol. The first-order valence-electron chi connectivity index (χ1n) is 3.16. The molecule has 0 radical (unpaired) electrons. The Balaban J connectivity index is 2.99. The lowest BCUT2D eigenvalue weighted by Gasteiger charge is -1.93. The Kier molecular flexibility index (Phi) is 2.59. The van der Waals surface area contributed by atoms with Crippen molar-refractivity contribution < 1.29 is 9.53 Å². The van der Waals surface area contributed by atoms with Crippen LogP contribution in [0.25, 0.3) is 0 Å². The van der Waals surface area contributed by atoms with Gasteiger partial charge in [-0.05, 0) is 6.26 Å². The summed E-state index contributed by atoms with van der Waals surface area (Å²) in [5, 5.41) is 0.605.